The van der Waals surface area contributed by atoms with Crippen molar-refractivity contribution >= 4 is 0 Å². The van der Waals surface area contributed by atoms with Crippen LogP contribution in [0.3, 0.4) is 0 Å². The van der Waals surface area contributed by atoms with Crippen LogP contribution < -0.4 is 0 Å². The summed E-state index contributed by atoms with van der Waals surface area (Å²) < 4.78 is 25.6. The molecule has 2 nitrogen and oxygen atoms in total. The van der Waals surface area contributed by atoms with Gasteiger partial charge in [-0.15, -0.1) is 0 Å². The summed E-state index contributed by atoms with van der Waals surface area (Å²) in [5.41, 5.74) is 1.01. The summed E-state index contributed by atoms with van der Waals surface area (Å²) in [6, 6.07) is 0. The van der Waals surface area contributed by atoms with E-state index in [2.05, 4.69) is 4.98 Å². The minimum absolute atomic E-state index is 0.101. The number of hydrogen-bond donors (Lipinski definition) is 0. The molecule has 0 aliphatic rings. The van der Waals surface area contributed by atoms with Gasteiger partial charge in [-0.1, -0.05) is 13.8 Å². The van der Waals surface area contributed by atoms with Gasteiger partial charge in [0.1, 0.15) is 0 Å². The normalized spacial score (nSPS) is 11.5. The van der Waals surface area contributed by atoms with Crippen molar-refractivity contribution in [3.63, 3.8) is 0 Å². The highest BCUT2D eigenvalue weighted by Crippen LogP contribution is 2.14. The third-order valence-corrected chi connectivity index (χ3v) is 1.92. The molecular formula is C9H14F2N2. The average Bonchev–Trinajstić information content (AvgIpc) is 2.47. The van der Waals surface area contributed by atoms with Crippen LogP contribution in [-0.4, -0.2) is 16.0 Å². The first-order valence-electron chi connectivity index (χ1n) is 4.39. The van der Waals surface area contributed by atoms with E-state index < -0.39 is 6.43 Å². The molecule has 0 aliphatic heterocycles. The monoisotopic (exact) mass is 188 g/mol. The average molecular weight is 188 g/mol. The van der Waals surface area contributed by atoms with Gasteiger partial charge in [-0.3, -0.25) is 0 Å². The molecule has 1 aromatic rings. The van der Waals surface area contributed by atoms with Crippen molar-refractivity contribution in [1.29, 1.82) is 0 Å². The fourth-order valence-corrected chi connectivity index (χ4v) is 1.24. The molecule has 0 amide bonds. The third kappa shape index (κ3) is 2.79. The Labute approximate surface area is 76.6 Å². The number of imidazole rings is 1. The summed E-state index contributed by atoms with van der Waals surface area (Å²) in [5, 5.41) is 0. The quantitative estimate of drug-likeness (QED) is 0.710. The largest absolute Gasteiger partial charge is 0.334 e. The first-order valence-corrected chi connectivity index (χ1v) is 4.39. The Morgan fingerprint density at radius 3 is 2.69 bits per heavy atom. The predicted molar refractivity (Wildman–Crippen MR) is 46.9 cm³/mol. The zero-order chi connectivity index (χ0) is 9.84. The van der Waals surface area contributed by atoms with Gasteiger partial charge in [0, 0.05) is 24.9 Å². The second-order valence-corrected chi connectivity index (χ2v) is 3.35. The van der Waals surface area contributed by atoms with Crippen LogP contribution in [0.2, 0.25) is 0 Å². The van der Waals surface area contributed by atoms with Crippen LogP contribution >= 0.6 is 0 Å². The highest BCUT2D eigenvalue weighted by Gasteiger charge is 2.08. The zero-order valence-electron chi connectivity index (χ0n) is 7.87. The fourth-order valence-electron chi connectivity index (χ4n) is 1.24. The molecule has 1 aromatic heterocycles. The Kier molecular flexibility index (Phi) is 3.39. The topological polar surface area (TPSA) is 17.8 Å². The van der Waals surface area contributed by atoms with Crippen LogP contribution in [0.1, 0.15) is 31.9 Å². The molecule has 74 valence electrons. The third-order valence-electron chi connectivity index (χ3n) is 1.92. The molecule has 4 heteroatoms. The number of alkyl halides is 2. The molecule has 0 aliphatic carbocycles. The van der Waals surface area contributed by atoms with Gasteiger partial charge in [0.05, 0.1) is 6.33 Å². The lowest BCUT2D eigenvalue weighted by molar-refractivity contribution is 0.131. The van der Waals surface area contributed by atoms with E-state index in [1.807, 2.05) is 13.8 Å². The van der Waals surface area contributed by atoms with Gasteiger partial charge < -0.3 is 4.57 Å². The Hall–Kier alpha value is -0.930. The Morgan fingerprint density at radius 1 is 1.46 bits per heavy atom. The van der Waals surface area contributed by atoms with Crippen molar-refractivity contribution < 1.29 is 8.78 Å². The van der Waals surface area contributed by atoms with Gasteiger partial charge in [-0.05, 0) is 5.92 Å². The van der Waals surface area contributed by atoms with E-state index in [0.717, 1.165) is 5.69 Å². The highest BCUT2D eigenvalue weighted by molar-refractivity contribution is 5.03. The lowest BCUT2D eigenvalue weighted by Gasteiger charge is -2.09. The van der Waals surface area contributed by atoms with Gasteiger partial charge >= 0.3 is 0 Å². The summed E-state index contributed by atoms with van der Waals surface area (Å²) in [5.74, 6) is 0.333. The first-order chi connectivity index (χ1) is 6.11. The van der Waals surface area contributed by atoms with E-state index in [1.54, 1.807) is 17.1 Å². The van der Waals surface area contributed by atoms with Gasteiger partial charge in [0.2, 0.25) is 6.43 Å². The molecule has 1 rings (SSSR count). The standard InChI is InChI=1S/C9H14F2N2/c1-7(2)8-5-12-6-13(8)4-3-9(10)11/h5-7,9H,3-4H2,1-2H3. The number of aromatic nitrogens is 2. The minimum Gasteiger partial charge on any atom is -0.334 e. The summed E-state index contributed by atoms with van der Waals surface area (Å²) in [6.07, 6.45) is 1.01. The molecule has 0 fully saturated rings. The minimum atomic E-state index is -2.23. The van der Waals surface area contributed by atoms with E-state index in [-0.39, 0.29) is 6.42 Å². The number of nitrogens with zero attached hydrogens (tertiary/aromatic N) is 2. The summed E-state index contributed by atoms with van der Waals surface area (Å²) >= 11 is 0. The molecule has 0 unspecified atom stereocenters. The maximum atomic E-state index is 11.9. The Balaban J connectivity index is 2.60. The molecule has 0 atom stereocenters. The Morgan fingerprint density at radius 2 is 2.15 bits per heavy atom. The van der Waals surface area contributed by atoms with Crippen LogP contribution in [0.25, 0.3) is 0 Å². The molecule has 1 heterocycles. The van der Waals surface area contributed by atoms with Crippen molar-refractivity contribution in [2.45, 2.75) is 39.2 Å². The maximum Gasteiger partial charge on any atom is 0.240 e. The number of aryl methyl sites for hydroxylation is 1. The Bertz CT molecular complexity index is 256. The van der Waals surface area contributed by atoms with Crippen molar-refractivity contribution in [3.05, 3.63) is 18.2 Å². The van der Waals surface area contributed by atoms with Crippen LogP contribution in [0.4, 0.5) is 8.78 Å². The van der Waals surface area contributed by atoms with Crippen molar-refractivity contribution in [3.8, 4) is 0 Å². The van der Waals surface area contributed by atoms with Gasteiger partial charge in [0.25, 0.3) is 0 Å². The summed E-state index contributed by atoms with van der Waals surface area (Å²) in [4.78, 5) is 3.94. The van der Waals surface area contributed by atoms with Crippen molar-refractivity contribution in [2.24, 2.45) is 0 Å². The van der Waals surface area contributed by atoms with Gasteiger partial charge in [-0.25, -0.2) is 13.8 Å². The maximum absolute atomic E-state index is 11.9. The molecule has 13 heavy (non-hydrogen) atoms. The lowest BCUT2D eigenvalue weighted by Crippen LogP contribution is -2.06. The van der Waals surface area contributed by atoms with Crippen molar-refractivity contribution in [1.82, 2.24) is 9.55 Å². The second-order valence-electron chi connectivity index (χ2n) is 3.35. The van der Waals surface area contributed by atoms with E-state index in [4.69, 9.17) is 0 Å². The molecule has 0 spiro atoms. The van der Waals surface area contributed by atoms with Gasteiger partial charge in [0.15, 0.2) is 0 Å². The number of halogens is 2. The van der Waals surface area contributed by atoms with Crippen LogP contribution in [0.15, 0.2) is 12.5 Å². The predicted octanol–water partition coefficient (Wildman–Crippen LogP) is 2.66. The highest BCUT2D eigenvalue weighted by atomic mass is 19.3. The molecular weight excluding hydrogens is 174 g/mol. The first kappa shape index (κ1) is 10.2. The smallest absolute Gasteiger partial charge is 0.240 e. The van der Waals surface area contributed by atoms with E-state index in [1.165, 1.54) is 0 Å². The fraction of sp³-hybridized carbons (Fsp3) is 0.667. The molecule has 0 bridgehead atoms. The van der Waals surface area contributed by atoms with Gasteiger partial charge in [-0.2, -0.15) is 0 Å². The second kappa shape index (κ2) is 4.35. The van der Waals surface area contributed by atoms with E-state index in [9.17, 15) is 8.78 Å². The zero-order valence-corrected chi connectivity index (χ0v) is 7.87. The molecule has 0 N–H and O–H groups in total. The number of hydrogen-bond acceptors (Lipinski definition) is 1. The van der Waals surface area contributed by atoms with Crippen LogP contribution in [0, 0.1) is 0 Å². The molecule has 0 saturated carbocycles. The molecule has 0 saturated heterocycles. The van der Waals surface area contributed by atoms with E-state index >= 15 is 0 Å². The summed E-state index contributed by atoms with van der Waals surface area (Å²) in [6.45, 7) is 4.40. The van der Waals surface area contributed by atoms with Crippen molar-refractivity contribution in [2.75, 3.05) is 0 Å². The molecule has 0 aromatic carbocycles. The molecule has 0 radical (unpaired) electrons. The number of rotatable bonds is 4. The lowest BCUT2D eigenvalue weighted by atomic mass is 10.1. The van der Waals surface area contributed by atoms with Crippen LogP contribution in [-0.2, 0) is 6.54 Å². The van der Waals surface area contributed by atoms with E-state index in [0.29, 0.717) is 12.5 Å². The summed E-state index contributed by atoms with van der Waals surface area (Å²) in [7, 11) is 0. The SMILES string of the molecule is CC(C)c1cncn1CCC(F)F. The van der Waals surface area contributed by atoms with Crippen LogP contribution in [0.5, 0.6) is 0 Å².